The molecule has 1 aliphatic rings. The topological polar surface area (TPSA) is 46.3 Å². The van der Waals surface area contributed by atoms with E-state index >= 15 is 0 Å². The number of nitrogens with zero attached hydrogens (tertiary/aromatic N) is 1. The molecule has 17 heavy (non-hydrogen) atoms. The lowest BCUT2D eigenvalue weighted by molar-refractivity contribution is -0.137. The molecule has 2 atom stereocenters. The Labute approximate surface area is 112 Å². The number of hydrogen-bond acceptors (Lipinski definition) is 2. The number of rotatable bonds is 3. The summed E-state index contributed by atoms with van der Waals surface area (Å²) < 4.78 is 0. The lowest BCUT2D eigenvalue weighted by Crippen LogP contribution is -2.45. The summed E-state index contributed by atoms with van der Waals surface area (Å²) in [5.74, 6) is 0.963. The van der Waals surface area contributed by atoms with E-state index in [9.17, 15) is 4.79 Å². The molecule has 0 aliphatic heterocycles. The molecule has 0 heterocycles. The highest BCUT2D eigenvalue weighted by atomic mass is 35.5. The van der Waals surface area contributed by atoms with E-state index in [0.29, 0.717) is 6.04 Å². The van der Waals surface area contributed by atoms with Crippen molar-refractivity contribution in [2.45, 2.75) is 58.5 Å². The summed E-state index contributed by atoms with van der Waals surface area (Å²) in [7, 11) is 1.93. The van der Waals surface area contributed by atoms with Gasteiger partial charge in [0.15, 0.2) is 0 Å². The van der Waals surface area contributed by atoms with Gasteiger partial charge in [-0.1, -0.05) is 13.8 Å². The van der Waals surface area contributed by atoms with E-state index in [1.807, 2.05) is 25.8 Å². The third-order valence-corrected chi connectivity index (χ3v) is 4.06. The van der Waals surface area contributed by atoms with Gasteiger partial charge in [0, 0.05) is 19.1 Å². The first-order valence-corrected chi connectivity index (χ1v) is 6.45. The van der Waals surface area contributed by atoms with Gasteiger partial charge in [0.25, 0.3) is 0 Å². The maximum Gasteiger partial charge on any atom is 0.226 e. The van der Waals surface area contributed by atoms with Gasteiger partial charge in [0.05, 0.1) is 5.92 Å². The fraction of sp³-hybridized carbons (Fsp3) is 0.923. The predicted molar refractivity (Wildman–Crippen MR) is 74.3 cm³/mol. The summed E-state index contributed by atoms with van der Waals surface area (Å²) in [6.45, 7) is 6.12. The van der Waals surface area contributed by atoms with Crippen molar-refractivity contribution in [3.63, 3.8) is 0 Å². The zero-order chi connectivity index (χ0) is 12.3. The first-order valence-electron chi connectivity index (χ1n) is 6.45. The zero-order valence-electron chi connectivity index (χ0n) is 11.5. The molecule has 0 saturated heterocycles. The Morgan fingerprint density at radius 1 is 1.24 bits per heavy atom. The fourth-order valence-electron chi connectivity index (χ4n) is 2.36. The Balaban J connectivity index is 0.00000256. The highest BCUT2D eigenvalue weighted by Crippen LogP contribution is 2.27. The molecule has 1 amide bonds. The number of hydrogen-bond donors (Lipinski definition) is 1. The van der Waals surface area contributed by atoms with Crippen LogP contribution < -0.4 is 5.73 Å². The molecule has 1 fully saturated rings. The number of carbonyl (C=O) groups is 1. The number of amides is 1. The molecular formula is C13H27ClN2O. The summed E-state index contributed by atoms with van der Waals surface area (Å²) in [5.41, 5.74) is 5.78. The van der Waals surface area contributed by atoms with Gasteiger partial charge < -0.3 is 10.6 Å². The van der Waals surface area contributed by atoms with Crippen LogP contribution in [0.5, 0.6) is 0 Å². The maximum absolute atomic E-state index is 12.1. The third-order valence-electron chi connectivity index (χ3n) is 4.06. The fourth-order valence-corrected chi connectivity index (χ4v) is 2.36. The molecule has 2 unspecified atom stereocenters. The minimum atomic E-state index is -0.0654. The predicted octanol–water partition coefficient (Wildman–Crippen LogP) is 2.43. The standard InChI is InChI=1S/C13H26N2O.ClH/c1-9-5-7-12(8-6-9)15(4)13(16)10(2)11(3)14;/h9-12H,5-8,14H2,1-4H3;1H. The second kappa shape index (κ2) is 7.22. The van der Waals surface area contributed by atoms with Crippen molar-refractivity contribution in [2.24, 2.45) is 17.6 Å². The van der Waals surface area contributed by atoms with E-state index < -0.39 is 0 Å². The quantitative estimate of drug-likeness (QED) is 0.849. The first kappa shape index (κ1) is 16.7. The molecule has 1 aliphatic carbocycles. The third kappa shape index (κ3) is 4.47. The molecule has 3 nitrogen and oxygen atoms in total. The normalized spacial score (nSPS) is 27.8. The van der Waals surface area contributed by atoms with Gasteiger partial charge in [-0.05, 0) is 38.5 Å². The van der Waals surface area contributed by atoms with Crippen molar-refractivity contribution in [3.05, 3.63) is 0 Å². The van der Waals surface area contributed by atoms with Crippen LogP contribution in [0.1, 0.15) is 46.5 Å². The van der Waals surface area contributed by atoms with E-state index in [2.05, 4.69) is 6.92 Å². The molecule has 0 radical (unpaired) electrons. The van der Waals surface area contributed by atoms with Gasteiger partial charge in [0.1, 0.15) is 0 Å². The van der Waals surface area contributed by atoms with Crippen molar-refractivity contribution in [1.82, 2.24) is 4.90 Å². The Bertz CT molecular complexity index is 238. The number of halogens is 1. The van der Waals surface area contributed by atoms with Gasteiger partial charge >= 0.3 is 0 Å². The molecule has 0 aromatic carbocycles. The molecule has 102 valence electrons. The van der Waals surface area contributed by atoms with E-state index in [-0.39, 0.29) is 30.3 Å². The largest absolute Gasteiger partial charge is 0.342 e. The van der Waals surface area contributed by atoms with E-state index in [1.165, 1.54) is 12.8 Å². The average Bonchev–Trinajstić information content (AvgIpc) is 2.27. The number of nitrogens with two attached hydrogens (primary N) is 1. The van der Waals surface area contributed by atoms with E-state index in [4.69, 9.17) is 5.73 Å². The van der Waals surface area contributed by atoms with Crippen LogP contribution in [0.15, 0.2) is 0 Å². The van der Waals surface area contributed by atoms with Crippen LogP contribution in [-0.4, -0.2) is 29.9 Å². The van der Waals surface area contributed by atoms with Crippen molar-refractivity contribution in [2.75, 3.05) is 7.05 Å². The summed E-state index contributed by atoms with van der Waals surface area (Å²) in [4.78, 5) is 14.0. The molecule has 0 bridgehead atoms. The van der Waals surface area contributed by atoms with Crippen molar-refractivity contribution in [1.29, 1.82) is 0 Å². The second-order valence-electron chi connectivity index (χ2n) is 5.51. The Kier molecular flexibility index (Phi) is 7.10. The second-order valence-corrected chi connectivity index (χ2v) is 5.51. The molecule has 0 aromatic rings. The first-order chi connectivity index (χ1) is 7.43. The van der Waals surface area contributed by atoms with Crippen LogP contribution in [0.25, 0.3) is 0 Å². The van der Waals surface area contributed by atoms with Crippen molar-refractivity contribution >= 4 is 18.3 Å². The molecule has 0 aromatic heterocycles. The minimum absolute atomic E-state index is 0. The SMILES string of the molecule is CC1CCC(N(C)C(=O)C(C)C(C)N)CC1.Cl. The molecular weight excluding hydrogens is 236 g/mol. The number of carbonyl (C=O) groups excluding carboxylic acids is 1. The highest BCUT2D eigenvalue weighted by Gasteiger charge is 2.28. The Morgan fingerprint density at radius 3 is 2.12 bits per heavy atom. The Morgan fingerprint density at radius 2 is 1.71 bits per heavy atom. The van der Waals surface area contributed by atoms with Crippen LogP contribution in [0.2, 0.25) is 0 Å². The van der Waals surface area contributed by atoms with Crippen LogP contribution >= 0.6 is 12.4 Å². The molecule has 2 N–H and O–H groups in total. The van der Waals surface area contributed by atoms with Crippen molar-refractivity contribution < 1.29 is 4.79 Å². The van der Waals surface area contributed by atoms with E-state index in [0.717, 1.165) is 18.8 Å². The van der Waals surface area contributed by atoms with E-state index in [1.54, 1.807) is 0 Å². The lowest BCUT2D eigenvalue weighted by atomic mass is 9.86. The smallest absolute Gasteiger partial charge is 0.226 e. The monoisotopic (exact) mass is 262 g/mol. The average molecular weight is 263 g/mol. The summed E-state index contributed by atoms with van der Waals surface area (Å²) in [6, 6.07) is 0.377. The zero-order valence-corrected chi connectivity index (χ0v) is 12.3. The van der Waals surface area contributed by atoms with Gasteiger partial charge in [-0.15, -0.1) is 12.4 Å². The van der Waals surface area contributed by atoms with Gasteiger partial charge in [-0.25, -0.2) is 0 Å². The van der Waals surface area contributed by atoms with Gasteiger partial charge in [-0.3, -0.25) is 4.79 Å². The summed E-state index contributed by atoms with van der Waals surface area (Å²) in [6.07, 6.45) is 4.79. The lowest BCUT2D eigenvalue weighted by Gasteiger charge is -2.35. The Hall–Kier alpha value is -0.280. The van der Waals surface area contributed by atoms with Crippen LogP contribution in [0.4, 0.5) is 0 Å². The highest BCUT2D eigenvalue weighted by molar-refractivity contribution is 5.85. The van der Waals surface area contributed by atoms with Crippen LogP contribution in [-0.2, 0) is 4.79 Å². The molecule has 0 spiro atoms. The van der Waals surface area contributed by atoms with Crippen LogP contribution in [0, 0.1) is 11.8 Å². The van der Waals surface area contributed by atoms with Crippen molar-refractivity contribution in [3.8, 4) is 0 Å². The summed E-state index contributed by atoms with van der Waals surface area (Å²) in [5, 5.41) is 0. The molecule has 1 saturated carbocycles. The maximum atomic E-state index is 12.1. The van der Waals surface area contributed by atoms with Crippen LogP contribution in [0.3, 0.4) is 0 Å². The summed E-state index contributed by atoms with van der Waals surface area (Å²) >= 11 is 0. The molecule has 1 rings (SSSR count). The molecule has 4 heteroatoms. The minimum Gasteiger partial charge on any atom is -0.342 e. The van der Waals surface area contributed by atoms with Gasteiger partial charge in [-0.2, -0.15) is 0 Å². The van der Waals surface area contributed by atoms with Gasteiger partial charge in [0.2, 0.25) is 5.91 Å².